The zero-order valence-electron chi connectivity index (χ0n) is 11.0. The molecular formula is C12H20N4O2. The van der Waals surface area contributed by atoms with E-state index in [1.165, 1.54) is 7.11 Å². The van der Waals surface area contributed by atoms with Crippen molar-refractivity contribution in [3.8, 4) is 0 Å². The molecule has 0 bridgehead atoms. The van der Waals surface area contributed by atoms with Crippen molar-refractivity contribution >= 4 is 5.97 Å². The lowest BCUT2D eigenvalue weighted by atomic mass is 10.1. The molecule has 1 atom stereocenters. The molecule has 0 radical (unpaired) electrons. The largest absolute Gasteiger partial charge is 0.468 e. The Hall–Kier alpha value is -1.43. The van der Waals surface area contributed by atoms with Crippen LogP contribution in [-0.2, 0) is 22.6 Å². The summed E-state index contributed by atoms with van der Waals surface area (Å²) in [6, 6.07) is -0.152. The van der Waals surface area contributed by atoms with Crippen molar-refractivity contribution < 1.29 is 9.53 Å². The average Bonchev–Trinajstić information content (AvgIpc) is 2.86. The van der Waals surface area contributed by atoms with Crippen molar-refractivity contribution in [3.05, 3.63) is 12.2 Å². The van der Waals surface area contributed by atoms with Gasteiger partial charge in [0.25, 0.3) is 0 Å². The first-order chi connectivity index (χ1) is 8.76. The van der Waals surface area contributed by atoms with E-state index in [1.54, 1.807) is 6.33 Å². The molecule has 6 nitrogen and oxygen atoms in total. The van der Waals surface area contributed by atoms with E-state index in [9.17, 15) is 4.79 Å². The third kappa shape index (κ3) is 2.69. The molecule has 0 N–H and O–H groups in total. The van der Waals surface area contributed by atoms with E-state index in [0.717, 1.165) is 38.2 Å². The number of unbranched alkanes of at least 4 members (excludes halogenated alkanes) is 1. The van der Waals surface area contributed by atoms with Crippen LogP contribution in [0.25, 0.3) is 0 Å². The fourth-order valence-electron chi connectivity index (χ4n) is 2.33. The number of ether oxygens (including phenoxy) is 1. The Morgan fingerprint density at radius 3 is 3.11 bits per heavy atom. The molecule has 2 heterocycles. The van der Waals surface area contributed by atoms with Gasteiger partial charge in [-0.3, -0.25) is 9.69 Å². The summed E-state index contributed by atoms with van der Waals surface area (Å²) < 4.78 is 6.94. The minimum atomic E-state index is -0.152. The molecule has 0 spiro atoms. The highest BCUT2D eigenvalue weighted by atomic mass is 16.5. The second-order valence-electron chi connectivity index (χ2n) is 4.59. The molecule has 100 valence electrons. The fraction of sp³-hybridized carbons (Fsp3) is 0.750. The number of rotatable bonds is 5. The Balaban J connectivity index is 2.05. The number of aromatic nitrogens is 3. The molecule has 1 aliphatic rings. The van der Waals surface area contributed by atoms with Gasteiger partial charge in [0, 0.05) is 13.1 Å². The minimum Gasteiger partial charge on any atom is -0.468 e. The fourth-order valence-corrected chi connectivity index (χ4v) is 2.33. The van der Waals surface area contributed by atoms with E-state index < -0.39 is 0 Å². The molecule has 2 rings (SSSR count). The van der Waals surface area contributed by atoms with Crippen LogP contribution in [0.15, 0.2) is 6.33 Å². The topological polar surface area (TPSA) is 60.2 Å². The summed E-state index contributed by atoms with van der Waals surface area (Å²) in [4.78, 5) is 14.0. The third-order valence-corrected chi connectivity index (χ3v) is 3.41. The zero-order valence-corrected chi connectivity index (χ0v) is 11.0. The maximum atomic E-state index is 11.9. The van der Waals surface area contributed by atoms with Crippen molar-refractivity contribution in [1.29, 1.82) is 0 Å². The van der Waals surface area contributed by atoms with Crippen LogP contribution >= 0.6 is 0 Å². The quantitative estimate of drug-likeness (QED) is 0.726. The number of hydrogen-bond donors (Lipinski definition) is 0. The first kappa shape index (κ1) is 13.0. The minimum absolute atomic E-state index is 0.142. The van der Waals surface area contributed by atoms with Crippen LogP contribution in [0.5, 0.6) is 0 Å². The molecule has 1 aromatic rings. The monoisotopic (exact) mass is 252 g/mol. The Morgan fingerprint density at radius 2 is 2.39 bits per heavy atom. The first-order valence-corrected chi connectivity index (χ1v) is 6.44. The molecule has 0 aliphatic carbocycles. The van der Waals surface area contributed by atoms with E-state index in [0.29, 0.717) is 6.54 Å². The van der Waals surface area contributed by atoms with Crippen LogP contribution in [0.2, 0.25) is 0 Å². The lowest BCUT2D eigenvalue weighted by molar-refractivity contribution is -0.148. The Morgan fingerprint density at radius 1 is 1.56 bits per heavy atom. The SMILES string of the molecule is CCCCC(C(=O)OC)N1CCn2cnnc2C1. The molecule has 1 aromatic heterocycles. The number of carbonyl (C=O) groups is 1. The molecule has 0 fully saturated rings. The predicted octanol–water partition coefficient (Wildman–Crippen LogP) is 0.825. The van der Waals surface area contributed by atoms with Crippen molar-refractivity contribution in [2.45, 2.75) is 45.3 Å². The summed E-state index contributed by atoms with van der Waals surface area (Å²) in [5.74, 6) is 0.781. The van der Waals surface area contributed by atoms with Gasteiger partial charge in [0.1, 0.15) is 18.2 Å². The maximum Gasteiger partial charge on any atom is 0.323 e. The maximum absolute atomic E-state index is 11.9. The smallest absolute Gasteiger partial charge is 0.323 e. The van der Waals surface area contributed by atoms with E-state index in [4.69, 9.17) is 4.74 Å². The van der Waals surface area contributed by atoms with Crippen molar-refractivity contribution in [2.24, 2.45) is 0 Å². The summed E-state index contributed by atoms with van der Waals surface area (Å²) in [6.45, 7) is 4.47. The number of nitrogens with zero attached hydrogens (tertiary/aromatic N) is 4. The summed E-state index contributed by atoms with van der Waals surface area (Å²) in [7, 11) is 1.45. The second kappa shape index (κ2) is 5.95. The normalized spacial score (nSPS) is 17.2. The highest BCUT2D eigenvalue weighted by molar-refractivity contribution is 5.75. The number of methoxy groups -OCH3 is 1. The van der Waals surface area contributed by atoms with E-state index in [-0.39, 0.29) is 12.0 Å². The zero-order chi connectivity index (χ0) is 13.0. The van der Waals surface area contributed by atoms with Crippen molar-refractivity contribution in [2.75, 3.05) is 13.7 Å². The third-order valence-electron chi connectivity index (χ3n) is 3.41. The Labute approximate surface area is 107 Å². The number of hydrogen-bond acceptors (Lipinski definition) is 5. The molecule has 0 saturated heterocycles. The van der Waals surface area contributed by atoms with Gasteiger partial charge in [0.05, 0.1) is 13.7 Å². The second-order valence-corrected chi connectivity index (χ2v) is 4.59. The highest BCUT2D eigenvalue weighted by Crippen LogP contribution is 2.17. The predicted molar refractivity (Wildman–Crippen MR) is 65.8 cm³/mol. The Kier molecular flexibility index (Phi) is 4.30. The summed E-state index contributed by atoms with van der Waals surface area (Å²) in [5.41, 5.74) is 0. The summed E-state index contributed by atoms with van der Waals surface area (Å²) >= 11 is 0. The van der Waals surface area contributed by atoms with E-state index >= 15 is 0 Å². The lowest BCUT2D eigenvalue weighted by Gasteiger charge is -2.32. The molecule has 1 unspecified atom stereocenters. The molecule has 6 heteroatoms. The molecule has 1 aliphatic heterocycles. The number of fused-ring (bicyclic) bond motifs is 1. The Bertz CT molecular complexity index is 405. The van der Waals surface area contributed by atoms with Crippen LogP contribution in [0, 0.1) is 0 Å². The highest BCUT2D eigenvalue weighted by Gasteiger charge is 2.29. The number of esters is 1. The van der Waals surface area contributed by atoms with Gasteiger partial charge in [0.2, 0.25) is 0 Å². The van der Waals surface area contributed by atoms with E-state index in [1.807, 2.05) is 4.57 Å². The van der Waals surface area contributed by atoms with Gasteiger partial charge < -0.3 is 9.30 Å². The van der Waals surface area contributed by atoms with Gasteiger partial charge in [-0.15, -0.1) is 10.2 Å². The van der Waals surface area contributed by atoms with Crippen LogP contribution in [0.1, 0.15) is 32.0 Å². The van der Waals surface area contributed by atoms with Gasteiger partial charge in [0.15, 0.2) is 0 Å². The van der Waals surface area contributed by atoms with Crippen LogP contribution < -0.4 is 0 Å². The molecule has 0 saturated carbocycles. The van der Waals surface area contributed by atoms with Gasteiger partial charge in [-0.25, -0.2) is 0 Å². The van der Waals surface area contributed by atoms with Gasteiger partial charge in [-0.1, -0.05) is 19.8 Å². The lowest BCUT2D eigenvalue weighted by Crippen LogP contribution is -2.45. The first-order valence-electron chi connectivity index (χ1n) is 6.44. The van der Waals surface area contributed by atoms with Crippen molar-refractivity contribution in [3.63, 3.8) is 0 Å². The standard InChI is InChI=1S/C12H20N4O2/c1-3-4-5-10(12(17)18-2)15-6-7-16-9-13-14-11(16)8-15/h9-10H,3-8H2,1-2H3. The van der Waals surface area contributed by atoms with Gasteiger partial charge >= 0.3 is 5.97 Å². The average molecular weight is 252 g/mol. The summed E-state index contributed by atoms with van der Waals surface area (Å²) in [5, 5.41) is 7.97. The van der Waals surface area contributed by atoms with Crippen LogP contribution in [-0.4, -0.2) is 45.3 Å². The molecule has 0 aromatic carbocycles. The van der Waals surface area contributed by atoms with Gasteiger partial charge in [-0.05, 0) is 6.42 Å². The van der Waals surface area contributed by atoms with E-state index in [2.05, 4.69) is 22.0 Å². The molecule has 0 amide bonds. The van der Waals surface area contributed by atoms with Crippen molar-refractivity contribution in [1.82, 2.24) is 19.7 Å². The molecular weight excluding hydrogens is 232 g/mol. The summed E-state index contributed by atoms with van der Waals surface area (Å²) in [6.07, 6.45) is 4.70. The number of carbonyl (C=O) groups excluding carboxylic acids is 1. The van der Waals surface area contributed by atoms with Gasteiger partial charge in [-0.2, -0.15) is 0 Å². The van der Waals surface area contributed by atoms with Crippen LogP contribution in [0.4, 0.5) is 0 Å². The van der Waals surface area contributed by atoms with Crippen LogP contribution in [0.3, 0.4) is 0 Å². The molecule has 18 heavy (non-hydrogen) atoms.